The number of benzene rings is 1. The van der Waals surface area contributed by atoms with E-state index < -0.39 is 0 Å². The maximum atomic E-state index is 13.3. The number of amides is 1. The number of carbonyl (C=O) groups excluding carboxylic acids is 1. The largest absolute Gasteiger partial charge is 0.335 e. The van der Waals surface area contributed by atoms with Gasteiger partial charge >= 0.3 is 0 Å². The van der Waals surface area contributed by atoms with Crippen LogP contribution in [0.3, 0.4) is 0 Å². The molecule has 1 amide bonds. The highest BCUT2D eigenvalue weighted by Gasteiger charge is 2.33. The summed E-state index contributed by atoms with van der Waals surface area (Å²) in [4.78, 5) is 17.6. The molecule has 2 heterocycles. The van der Waals surface area contributed by atoms with E-state index >= 15 is 0 Å². The zero-order chi connectivity index (χ0) is 20.7. The highest BCUT2D eigenvalue weighted by molar-refractivity contribution is 5.94. The van der Waals surface area contributed by atoms with Gasteiger partial charge < -0.3 is 15.1 Å². The average Bonchev–Trinajstić information content (AvgIpc) is 3.34. The molecule has 3 aliphatic rings. The average molecular weight is 408 g/mol. The number of aromatic nitrogens is 2. The fourth-order valence-corrected chi connectivity index (χ4v) is 5.43. The summed E-state index contributed by atoms with van der Waals surface area (Å²) in [5, 5.41) is 8.70. The maximum absolute atomic E-state index is 13.3. The Labute approximate surface area is 179 Å². The molecule has 1 aromatic carbocycles. The molecule has 0 radical (unpaired) electrons. The third kappa shape index (κ3) is 3.67. The van der Waals surface area contributed by atoms with Gasteiger partial charge in [-0.25, -0.2) is 0 Å². The van der Waals surface area contributed by atoms with E-state index in [-0.39, 0.29) is 5.91 Å². The van der Waals surface area contributed by atoms with Crippen LogP contribution in [0.15, 0.2) is 24.3 Å². The van der Waals surface area contributed by atoms with E-state index in [1.165, 1.54) is 22.4 Å². The minimum Gasteiger partial charge on any atom is -0.335 e. The minimum absolute atomic E-state index is 0.125. The second kappa shape index (κ2) is 8.16. The van der Waals surface area contributed by atoms with Crippen LogP contribution in [0.25, 0.3) is 0 Å². The van der Waals surface area contributed by atoms with Crippen molar-refractivity contribution in [1.29, 1.82) is 0 Å². The molecule has 5 rings (SSSR count). The first-order chi connectivity index (χ1) is 14.6. The Morgan fingerprint density at radius 1 is 1.07 bits per heavy atom. The first-order valence-corrected chi connectivity index (χ1v) is 11.5. The van der Waals surface area contributed by atoms with Crippen LogP contribution in [-0.4, -0.2) is 70.8 Å². The first kappa shape index (κ1) is 19.8. The predicted octanol–water partition coefficient (Wildman–Crippen LogP) is 1.90. The number of fused-ring (bicyclic) bond motifs is 2. The summed E-state index contributed by atoms with van der Waals surface area (Å²) in [7, 11) is 2.12. The smallest absolute Gasteiger partial charge is 0.274 e. The lowest BCUT2D eigenvalue weighted by molar-refractivity contribution is 0.0656. The van der Waals surface area contributed by atoms with Crippen LogP contribution in [-0.2, 0) is 32.2 Å². The standard InChI is InChI=1S/C24H33N5O/c1-3-29-22-9-8-19(25-20-14-17-6-4-5-7-18(17)15-20)16-21(22)23(26-29)24(30)28-12-10-27(2)11-13-28/h4-7,19-20,25H,3,8-16H2,1-2H3. The third-order valence-electron chi connectivity index (χ3n) is 7.16. The topological polar surface area (TPSA) is 53.4 Å². The van der Waals surface area contributed by atoms with Gasteiger partial charge in [-0.1, -0.05) is 24.3 Å². The number of rotatable bonds is 4. The Morgan fingerprint density at radius 2 is 1.77 bits per heavy atom. The zero-order valence-corrected chi connectivity index (χ0v) is 18.2. The third-order valence-corrected chi connectivity index (χ3v) is 7.16. The zero-order valence-electron chi connectivity index (χ0n) is 18.2. The number of nitrogens with zero attached hydrogens (tertiary/aromatic N) is 4. The lowest BCUT2D eigenvalue weighted by Crippen LogP contribution is -2.47. The van der Waals surface area contributed by atoms with E-state index in [1.807, 2.05) is 4.90 Å². The molecule has 0 spiro atoms. The monoisotopic (exact) mass is 407 g/mol. The molecule has 1 atom stereocenters. The molecule has 0 bridgehead atoms. The Kier molecular flexibility index (Phi) is 5.37. The fourth-order valence-electron chi connectivity index (χ4n) is 5.43. The van der Waals surface area contributed by atoms with Crippen molar-refractivity contribution in [2.24, 2.45) is 0 Å². The van der Waals surface area contributed by atoms with E-state index in [0.29, 0.717) is 17.8 Å². The van der Waals surface area contributed by atoms with Gasteiger partial charge in [0.25, 0.3) is 5.91 Å². The van der Waals surface area contributed by atoms with Crippen LogP contribution in [0.2, 0.25) is 0 Å². The Hall–Kier alpha value is -2.18. The molecule has 2 aromatic rings. The molecule has 30 heavy (non-hydrogen) atoms. The normalized spacial score (nSPS) is 22.2. The summed E-state index contributed by atoms with van der Waals surface area (Å²) in [6.45, 7) is 6.42. The molecule has 6 nitrogen and oxygen atoms in total. The number of carbonyl (C=O) groups is 1. The number of hydrogen-bond donors (Lipinski definition) is 1. The van der Waals surface area contributed by atoms with Gasteiger partial charge in [0.2, 0.25) is 0 Å². The van der Waals surface area contributed by atoms with Gasteiger partial charge in [0.05, 0.1) is 0 Å². The summed E-state index contributed by atoms with van der Waals surface area (Å²) in [6, 6.07) is 9.73. The Balaban J connectivity index is 1.31. The van der Waals surface area contributed by atoms with Gasteiger partial charge in [-0.15, -0.1) is 0 Å². The molecule has 1 fully saturated rings. The van der Waals surface area contributed by atoms with Crippen molar-refractivity contribution in [1.82, 2.24) is 24.9 Å². The Bertz CT molecular complexity index is 903. The van der Waals surface area contributed by atoms with E-state index in [0.717, 1.165) is 64.8 Å². The lowest BCUT2D eigenvalue weighted by Gasteiger charge is -2.32. The summed E-state index contributed by atoms with van der Waals surface area (Å²) in [5.41, 5.74) is 6.15. The maximum Gasteiger partial charge on any atom is 0.274 e. The van der Waals surface area contributed by atoms with E-state index in [4.69, 9.17) is 5.10 Å². The number of likely N-dealkylation sites (N-methyl/N-ethyl adjacent to an activating group) is 1. The fraction of sp³-hybridized carbons (Fsp3) is 0.583. The summed E-state index contributed by atoms with van der Waals surface area (Å²) in [5.74, 6) is 0.125. The summed E-state index contributed by atoms with van der Waals surface area (Å²) < 4.78 is 2.07. The van der Waals surface area contributed by atoms with Crippen molar-refractivity contribution in [3.8, 4) is 0 Å². The van der Waals surface area contributed by atoms with Gasteiger partial charge in [0.15, 0.2) is 5.69 Å². The van der Waals surface area contributed by atoms with Gasteiger partial charge in [-0.3, -0.25) is 9.48 Å². The molecule has 1 saturated heterocycles. The molecule has 0 saturated carbocycles. The van der Waals surface area contributed by atoms with E-state index in [2.05, 4.69) is 53.1 Å². The van der Waals surface area contributed by atoms with E-state index in [1.54, 1.807) is 0 Å². The second-order valence-corrected chi connectivity index (χ2v) is 9.17. The number of piperazine rings is 1. The molecular formula is C24H33N5O. The van der Waals surface area contributed by atoms with Crippen molar-refractivity contribution >= 4 is 5.91 Å². The van der Waals surface area contributed by atoms with Crippen LogP contribution >= 0.6 is 0 Å². The molecule has 1 unspecified atom stereocenters. The highest BCUT2D eigenvalue weighted by atomic mass is 16.2. The quantitative estimate of drug-likeness (QED) is 0.841. The van der Waals surface area contributed by atoms with Crippen LogP contribution in [0, 0.1) is 0 Å². The van der Waals surface area contributed by atoms with Crippen LogP contribution in [0.5, 0.6) is 0 Å². The molecule has 1 N–H and O–H groups in total. The van der Waals surface area contributed by atoms with Crippen molar-refractivity contribution in [2.45, 2.75) is 57.7 Å². The predicted molar refractivity (Wildman–Crippen MR) is 118 cm³/mol. The van der Waals surface area contributed by atoms with Crippen molar-refractivity contribution in [3.05, 3.63) is 52.3 Å². The van der Waals surface area contributed by atoms with Crippen LogP contribution < -0.4 is 5.32 Å². The van der Waals surface area contributed by atoms with E-state index in [9.17, 15) is 4.79 Å². The summed E-state index contributed by atoms with van der Waals surface area (Å²) >= 11 is 0. The van der Waals surface area contributed by atoms with Crippen molar-refractivity contribution in [3.63, 3.8) is 0 Å². The molecule has 160 valence electrons. The highest BCUT2D eigenvalue weighted by Crippen LogP contribution is 2.28. The number of hydrogen-bond acceptors (Lipinski definition) is 4. The van der Waals surface area contributed by atoms with Crippen LogP contribution in [0.4, 0.5) is 0 Å². The van der Waals surface area contributed by atoms with Gasteiger partial charge in [0, 0.05) is 56.1 Å². The molecule has 2 aliphatic carbocycles. The molecule has 1 aliphatic heterocycles. The molecule has 1 aromatic heterocycles. The van der Waals surface area contributed by atoms with Crippen LogP contribution in [0.1, 0.15) is 46.2 Å². The number of nitrogens with one attached hydrogen (secondary N) is 1. The van der Waals surface area contributed by atoms with Gasteiger partial charge in [-0.05, 0) is 57.2 Å². The summed E-state index contributed by atoms with van der Waals surface area (Å²) in [6.07, 6.45) is 5.26. The lowest BCUT2D eigenvalue weighted by atomic mass is 9.90. The van der Waals surface area contributed by atoms with Gasteiger partial charge in [0.1, 0.15) is 0 Å². The van der Waals surface area contributed by atoms with Crippen molar-refractivity contribution < 1.29 is 4.79 Å². The SMILES string of the molecule is CCn1nc(C(=O)N2CCN(C)CC2)c2c1CCC(NC1Cc3ccccc3C1)C2. The Morgan fingerprint density at radius 3 is 2.43 bits per heavy atom. The van der Waals surface area contributed by atoms with Gasteiger partial charge in [-0.2, -0.15) is 5.10 Å². The van der Waals surface area contributed by atoms with Crippen molar-refractivity contribution in [2.75, 3.05) is 33.2 Å². The second-order valence-electron chi connectivity index (χ2n) is 9.17. The molecular weight excluding hydrogens is 374 g/mol. The first-order valence-electron chi connectivity index (χ1n) is 11.5. The molecule has 6 heteroatoms. The minimum atomic E-state index is 0.125. The number of aryl methyl sites for hydroxylation is 1.